The summed E-state index contributed by atoms with van der Waals surface area (Å²) in [4.78, 5) is 13.1. The third kappa shape index (κ3) is 9.18. The van der Waals surface area contributed by atoms with Gasteiger partial charge in [0.1, 0.15) is 6.54 Å². The van der Waals surface area contributed by atoms with Gasteiger partial charge in [0.2, 0.25) is 0 Å². The van der Waals surface area contributed by atoms with Crippen LogP contribution in [0.1, 0.15) is 95.6 Å². The van der Waals surface area contributed by atoms with Crippen LogP contribution in [0.15, 0.2) is 24.5 Å². The Morgan fingerprint density at radius 2 is 1.71 bits per heavy atom. The Kier molecular flexibility index (Phi) is 11.2. The quantitative estimate of drug-likeness (QED) is 0.249. The van der Waals surface area contributed by atoms with Crippen LogP contribution in [0.2, 0.25) is 0 Å². The number of rotatable bonds is 14. The zero-order valence-corrected chi connectivity index (χ0v) is 18.2. The van der Waals surface area contributed by atoms with Gasteiger partial charge in [0, 0.05) is 31.0 Å². The Labute approximate surface area is 172 Å². The molecule has 0 bridgehead atoms. The first kappa shape index (κ1) is 22.9. The van der Waals surface area contributed by atoms with Crippen LogP contribution >= 0.6 is 0 Å². The number of aromatic nitrogens is 1. The fourth-order valence-corrected chi connectivity index (χ4v) is 4.24. The monoisotopic (exact) mass is 389 g/mol. The Morgan fingerprint density at radius 1 is 1.07 bits per heavy atom. The molecule has 1 fully saturated rings. The molecule has 158 valence electrons. The number of carbonyl (C=O) groups excluding carboxylic acids is 1. The summed E-state index contributed by atoms with van der Waals surface area (Å²) in [5, 5.41) is 0. The standard InChI is InChI=1S/C24H41N2O2/c1-22(27)28-20-12-10-8-6-4-3-5-7-9-11-18-26-19-13-15-23(21-26)24-16-14-17-25(24)2/h13,15,19,21,24H,3-12,14,16-18,20H2,1-2H3/q+1/t24-/m0/s1. The van der Waals surface area contributed by atoms with Gasteiger partial charge in [0.05, 0.1) is 6.61 Å². The molecule has 2 rings (SSSR count). The molecule has 0 spiro atoms. The van der Waals surface area contributed by atoms with E-state index in [1.54, 1.807) is 0 Å². The molecule has 1 atom stereocenters. The van der Waals surface area contributed by atoms with Gasteiger partial charge < -0.3 is 4.74 Å². The smallest absolute Gasteiger partial charge is 0.302 e. The lowest BCUT2D eigenvalue weighted by Gasteiger charge is -2.18. The number of nitrogens with zero attached hydrogens (tertiary/aromatic N) is 2. The van der Waals surface area contributed by atoms with E-state index in [1.165, 1.54) is 89.7 Å². The van der Waals surface area contributed by atoms with Crippen molar-refractivity contribution in [2.45, 2.75) is 96.6 Å². The zero-order valence-electron chi connectivity index (χ0n) is 18.2. The van der Waals surface area contributed by atoms with E-state index in [0.29, 0.717) is 12.6 Å². The first-order valence-corrected chi connectivity index (χ1v) is 11.5. The van der Waals surface area contributed by atoms with Crippen LogP contribution in [0.25, 0.3) is 0 Å². The highest BCUT2D eigenvalue weighted by atomic mass is 16.5. The normalized spacial score (nSPS) is 17.1. The highest BCUT2D eigenvalue weighted by molar-refractivity contribution is 5.65. The second-order valence-corrected chi connectivity index (χ2v) is 8.39. The molecule has 0 N–H and O–H groups in total. The van der Waals surface area contributed by atoms with Gasteiger partial charge in [-0.2, -0.15) is 0 Å². The SMILES string of the molecule is CC(=O)OCCCCCCCCCCCC[n+]1cccc([C@@H]2CCCN2C)c1. The number of likely N-dealkylation sites (tertiary alicyclic amines) is 1. The van der Waals surface area contributed by atoms with Crippen molar-refractivity contribution in [3.05, 3.63) is 30.1 Å². The summed E-state index contributed by atoms with van der Waals surface area (Å²) in [5.41, 5.74) is 1.48. The number of pyridine rings is 1. The minimum Gasteiger partial charge on any atom is -0.466 e. The fourth-order valence-electron chi connectivity index (χ4n) is 4.24. The largest absolute Gasteiger partial charge is 0.466 e. The average molecular weight is 390 g/mol. The van der Waals surface area contributed by atoms with Crippen LogP contribution in [-0.2, 0) is 16.1 Å². The van der Waals surface area contributed by atoms with E-state index in [-0.39, 0.29) is 5.97 Å². The molecule has 0 aromatic carbocycles. The van der Waals surface area contributed by atoms with Gasteiger partial charge in [-0.15, -0.1) is 0 Å². The molecule has 1 aromatic heterocycles. The van der Waals surface area contributed by atoms with Gasteiger partial charge in [-0.05, 0) is 45.3 Å². The molecule has 1 saturated heterocycles. The van der Waals surface area contributed by atoms with Crippen LogP contribution in [0.3, 0.4) is 0 Å². The third-order valence-electron chi connectivity index (χ3n) is 5.90. The minimum atomic E-state index is -0.160. The maximum atomic E-state index is 10.7. The van der Waals surface area contributed by atoms with Crippen LogP contribution in [-0.4, -0.2) is 31.1 Å². The van der Waals surface area contributed by atoms with Crippen molar-refractivity contribution >= 4 is 5.97 Å². The Morgan fingerprint density at radius 3 is 2.32 bits per heavy atom. The van der Waals surface area contributed by atoms with Crippen molar-refractivity contribution in [1.29, 1.82) is 0 Å². The van der Waals surface area contributed by atoms with E-state index in [4.69, 9.17) is 4.74 Å². The fraction of sp³-hybridized carbons (Fsp3) is 0.750. The first-order valence-electron chi connectivity index (χ1n) is 11.5. The number of aryl methyl sites for hydroxylation is 1. The summed E-state index contributed by atoms with van der Waals surface area (Å²) in [5.74, 6) is -0.160. The Bertz CT molecular complexity index is 561. The van der Waals surface area contributed by atoms with Crippen LogP contribution in [0.5, 0.6) is 0 Å². The van der Waals surface area contributed by atoms with Crippen molar-refractivity contribution < 1.29 is 14.1 Å². The van der Waals surface area contributed by atoms with E-state index >= 15 is 0 Å². The third-order valence-corrected chi connectivity index (χ3v) is 5.90. The summed E-state index contributed by atoms with van der Waals surface area (Å²) in [6, 6.07) is 5.13. The van der Waals surface area contributed by atoms with Crippen molar-refractivity contribution in [2.24, 2.45) is 0 Å². The number of hydrogen-bond acceptors (Lipinski definition) is 3. The topological polar surface area (TPSA) is 33.4 Å². The number of unbranched alkanes of at least 4 members (excludes halogenated alkanes) is 9. The van der Waals surface area contributed by atoms with Gasteiger partial charge in [0.25, 0.3) is 0 Å². The molecule has 0 radical (unpaired) electrons. The van der Waals surface area contributed by atoms with E-state index in [9.17, 15) is 4.79 Å². The van der Waals surface area contributed by atoms with Gasteiger partial charge >= 0.3 is 5.97 Å². The maximum absolute atomic E-state index is 10.7. The van der Waals surface area contributed by atoms with E-state index < -0.39 is 0 Å². The minimum absolute atomic E-state index is 0.160. The van der Waals surface area contributed by atoms with Gasteiger partial charge in [-0.3, -0.25) is 9.69 Å². The van der Waals surface area contributed by atoms with Crippen LogP contribution in [0, 0.1) is 0 Å². The van der Waals surface area contributed by atoms with Crippen LogP contribution < -0.4 is 4.57 Å². The lowest BCUT2D eigenvalue weighted by atomic mass is 10.1. The van der Waals surface area contributed by atoms with Gasteiger partial charge in [-0.25, -0.2) is 4.57 Å². The van der Waals surface area contributed by atoms with Crippen molar-refractivity contribution in [3.8, 4) is 0 Å². The van der Waals surface area contributed by atoms with E-state index in [0.717, 1.165) is 13.0 Å². The highest BCUT2D eigenvalue weighted by Gasteiger charge is 2.24. The maximum Gasteiger partial charge on any atom is 0.302 e. The molecule has 4 nitrogen and oxygen atoms in total. The lowest BCUT2D eigenvalue weighted by molar-refractivity contribution is -0.697. The number of hydrogen-bond donors (Lipinski definition) is 0. The molecule has 0 saturated carbocycles. The van der Waals surface area contributed by atoms with E-state index in [1.807, 2.05) is 0 Å². The summed E-state index contributed by atoms with van der Waals surface area (Å²) < 4.78 is 7.34. The summed E-state index contributed by atoms with van der Waals surface area (Å²) in [6.45, 7) is 4.44. The molecule has 0 aliphatic carbocycles. The average Bonchev–Trinajstić information content (AvgIpc) is 3.11. The molecule has 1 aromatic rings. The van der Waals surface area contributed by atoms with E-state index in [2.05, 4.69) is 41.0 Å². The summed E-state index contributed by atoms with van der Waals surface area (Å²) in [7, 11) is 2.25. The molecule has 0 amide bonds. The zero-order chi connectivity index (χ0) is 20.0. The van der Waals surface area contributed by atoms with Gasteiger partial charge in [-0.1, -0.05) is 44.9 Å². The molecule has 28 heavy (non-hydrogen) atoms. The number of carbonyl (C=O) groups is 1. The molecule has 4 heteroatoms. The molecule has 0 unspecified atom stereocenters. The highest BCUT2D eigenvalue weighted by Crippen LogP contribution is 2.29. The van der Waals surface area contributed by atoms with Crippen LogP contribution in [0.4, 0.5) is 0 Å². The molecule has 1 aliphatic heterocycles. The Balaban J connectivity index is 1.44. The second-order valence-electron chi connectivity index (χ2n) is 8.39. The summed E-state index contributed by atoms with van der Waals surface area (Å²) >= 11 is 0. The number of ether oxygens (including phenoxy) is 1. The molecule has 1 aliphatic rings. The molecular formula is C24H41N2O2+. The molecular weight excluding hydrogens is 348 g/mol. The second kappa shape index (κ2) is 13.7. The van der Waals surface area contributed by atoms with Crippen molar-refractivity contribution in [3.63, 3.8) is 0 Å². The van der Waals surface area contributed by atoms with Gasteiger partial charge in [0.15, 0.2) is 12.4 Å². The first-order chi connectivity index (χ1) is 13.7. The lowest BCUT2D eigenvalue weighted by Crippen LogP contribution is -2.34. The summed E-state index contributed by atoms with van der Waals surface area (Å²) in [6.07, 6.45) is 20.0. The van der Waals surface area contributed by atoms with Crippen molar-refractivity contribution in [2.75, 3.05) is 20.2 Å². The predicted octanol–water partition coefficient (Wildman–Crippen LogP) is 5.20. The predicted molar refractivity (Wildman–Crippen MR) is 114 cm³/mol. The molecule has 2 heterocycles. The number of esters is 1. The Hall–Kier alpha value is -1.42. The van der Waals surface area contributed by atoms with Crippen molar-refractivity contribution in [1.82, 2.24) is 4.90 Å².